The van der Waals surface area contributed by atoms with Crippen molar-refractivity contribution in [2.45, 2.75) is 32.0 Å². The van der Waals surface area contributed by atoms with Gasteiger partial charge in [-0.2, -0.15) is 0 Å². The van der Waals surface area contributed by atoms with Crippen molar-refractivity contribution >= 4 is 11.7 Å². The van der Waals surface area contributed by atoms with Gasteiger partial charge < -0.3 is 9.64 Å². The Hall–Kier alpha value is -2.25. The van der Waals surface area contributed by atoms with E-state index in [1.807, 2.05) is 46.2 Å². The molecule has 0 bridgehead atoms. The van der Waals surface area contributed by atoms with Gasteiger partial charge >= 0.3 is 6.03 Å². The lowest BCUT2D eigenvalue weighted by Gasteiger charge is -2.28. The molecule has 1 aromatic carbocycles. The van der Waals surface area contributed by atoms with Crippen LogP contribution in [0.15, 0.2) is 42.5 Å². The topological polar surface area (TPSA) is 32.8 Å². The molecule has 1 unspecified atom stereocenters. The SMILES string of the molecule is C#CCO[C@@H]1C=CC2[C@H]1N(CC(C)C)C(=O)N2c1ccccc1. The number of fused-ring (bicyclic) bond motifs is 1. The zero-order chi connectivity index (χ0) is 16.4. The van der Waals surface area contributed by atoms with E-state index in [0.717, 1.165) is 5.69 Å². The molecular weight excluding hydrogens is 288 g/mol. The summed E-state index contributed by atoms with van der Waals surface area (Å²) in [5, 5.41) is 0. The molecule has 120 valence electrons. The molecule has 1 fully saturated rings. The lowest BCUT2D eigenvalue weighted by Crippen LogP contribution is -2.44. The van der Waals surface area contributed by atoms with Crippen LogP contribution in [0.4, 0.5) is 10.5 Å². The number of hydrogen-bond donors (Lipinski definition) is 0. The molecule has 1 aliphatic carbocycles. The molecule has 1 aromatic rings. The van der Waals surface area contributed by atoms with Crippen LogP contribution in [0.3, 0.4) is 0 Å². The second-order valence-electron chi connectivity index (χ2n) is 6.38. The number of anilines is 1. The van der Waals surface area contributed by atoms with Crippen LogP contribution in [0.1, 0.15) is 13.8 Å². The van der Waals surface area contributed by atoms with E-state index in [1.165, 1.54) is 0 Å². The molecule has 1 heterocycles. The fraction of sp³-hybridized carbons (Fsp3) is 0.421. The number of amides is 2. The van der Waals surface area contributed by atoms with Crippen LogP contribution in [0.2, 0.25) is 0 Å². The fourth-order valence-electron chi connectivity index (χ4n) is 3.40. The van der Waals surface area contributed by atoms with Crippen LogP contribution in [-0.4, -0.2) is 42.3 Å². The summed E-state index contributed by atoms with van der Waals surface area (Å²) in [6.45, 7) is 5.20. The number of carbonyl (C=O) groups is 1. The maximum atomic E-state index is 13.0. The summed E-state index contributed by atoms with van der Waals surface area (Å²) in [6, 6.07) is 9.82. The van der Waals surface area contributed by atoms with Gasteiger partial charge in [-0.05, 0) is 18.1 Å². The fourth-order valence-corrected chi connectivity index (χ4v) is 3.40. The Morgan fingerprint density at radius 3 is 2.65 bits per heavy atom. The summed E-state index contributed by atoms with van der Waals surface area (Å²) < 4.78 is 5.77. The van der Waals surface area contributed by atoms with Gasteiger partial charge in [0.1, 0.15) is 6.61 Å². The molecule has 2 amide bonds. The number of urea groups is 1. The molecule has 0 radical (unpaired) electrons. The molecule has 0 saturated carbocycles. The highest BCUT2D eigenvalue weighted by Gasteiger charge is 2.51. The van der Waals surface area contributed by atoms with Crippen molar-refractivity contribution in [3.05, 3.63) is 42.5 Å². The zero-order valence-electron chi connectivity index (χ0n) is 13.6. The summed E-state index contributed by atoms with van der Waals surface area (Å²) in [5.74, 6) is 2.90. The van der Waals surface area contributed by atoms with Crippen molar-refractivity contribution in [2.24, 2.45) is 5.92 Å². The summed E-state index contributed by atoms with van der Waals surface area (Å²) in [4.78, 5) is 16.8. The molecule has 1 saturated heterocycles. The van der Waals surface area contributed by atoms with Crippen LogP contribution < -0.4 is 4.90 Å². The van der Waals surface area contributed by atoms with Crippen molar-refractivity contribution in [1.82, 2.24) is 4.90 Å². The third-order valence-corrected chi connectivity index (χ3v) is 4.25. The minimum absolute atomic E-state index is 0.00794. The molecule has 0 aromatic heterocycles. The average molecular weight is 310 g/mol. The van der Waals surface area contributed by atoms with Crippen molar-refractivity contribution in [3.63, 3.8) is 0 Å². The van der Waals surface area contributed by atoms with Crippen LogP contribution in [0, 0.1) is 18.3 Å². The highest BCUT2D eigenvalue weighted by Crippen LogP contribution is 2.36. The molecule has 0 spiro atoms. The highest BCUT2D eigenvalue weighted by molar-refractivity contribution is 5.96. The molecule has 4 nitrogen and oxygen atoms in total. The van der Waals surface area contributed by atoms with E-state index in [2.05, 4.69) is 25.8 Å². The third kappa shape index (κ3) is 2.85. The molecule has 0 N–H and O–H groups in total. The molecule has 23 heavy (non-hydrogen) atoms. The van der Waals surface area contributed by atoms with Crippen LogP contribution in [0.5, 0.6) is 0 Å². The quantitative estimate of drug-likeness (QED) is 0.619. The molecular formula is C19H22N2O2. The average Bonchev–Trinajstić information content (AvgIpc) is 3.05. The molecule has 1 aliphatic heterocycles. The van der Waals surface area contributed by atoms with Crippen molar-refractivity contribution in [2.75, 3.05) is 18.1 Å². The largest absolute Gasteiger partial charge is 0.359 e. The lowest BCUT2D eigenvalue weighted by molar-refractivity contribution is 0.0561. The van der Waals surface area contributed by atoms with Crippen molar-refractivity contribution < 1.29 is 9.53 Å². The number of rotatable bonds is 5. The second kappa shape index (κ2) is 6.47. The lowest BCUT2D eigenvalue weighted by atomic mass is 10.1. The van der Waals surface area contributed by atoms with E-state index in [-0.39, 0.29) is 30.8 Å². The van der Waals surface area contributed by atoms with E-state index in [4.69, 9.17) is 11.2 Å². The maximum Gasteiger partial charge on any atom is 0.325 e. The van der Waals surface area contributed by atoms with E-state index in [0.29, 0.717) is 12.5 Å². The number of hydrogen-bond acceptors (Lipinski definition) is 2. The Bertz CT molecular complexity index is 633. The van der Waals surface area contributed by atoms with Gasteiger partial charge in [0, 0.05) is 12.2 Å². The van der Waals surface area contributed by atoms with Crippen LogP contribution in [-0.2, 0) is 4.74 Å². The molecule has 3 atom stereocenters. The van der Waals surface area contributed by atoms with Gasteiger partial charge in [0.25, 0.3) is 0 Å². The van der Waals surface area contributed by atoms with Gasteiger partial charge in [0.15, 0.2) is 0 Å². The summed E-state index contributed by atoms with van der Waals surface area (Å²) in [6.07, 6.45) is 9.27. The standard InChI is InChI=1S/C19H22N2O2/c1-4-12-23-17-11-10-16-18(17)20(13-14(2)3)19(22)21(16)15-8-6-5-7-9-15/h1,5-11,14,16-18H,12-13H2,2-3H3/t16?,17-,18-/m1/s1. The van der Waals surface area contributed by atoms with E-state index in [1.54, 1.807) is 0 Å². The first-order chi connectivity index (χ1) is 11.1. The monoisotopic (exact) mass is 310 g/mol. The maximum absolute atomic E-state index is 13.0. The smallest absolute Gasteiger partial charge is 0.325 e. The number of nitrogens with zero attached hydrogens (tertiary/aromatic N) is 2. The van der Waals surface area contributed by atoms with Crippen molar-refractivity contribution in [1.29, 1.82) is 0 Å². The predicted molar refractivity (Wildman–Crippen MR) is 91.2 cm³/mol. The first-order valence-corrected chi connectivity index (χ1v) is 8.01. The number of benzene rings is 1. The first kappa shape index (κ1) is 15.6. The Morgan fingerprint density at radius 1 is 1.26 bits per heavy atom. The summed E-state index contributed by atoms with van der Waals surface area (Å²) >= 11 is 0. The normalized spacial score (nSPS) is 26.0. The summed E-state index contributed by atoms with van der Waals surface area (Å²) in [5.41, 5.74) is 0.918. The van der Waals surface area contributed by atoms with E-state index in [9.17, 15) is 4.79 Å². The molecule has 3 rings (SSSR count). The first-order valence-electron chi connectivity index (χ1n) is 8.01. The van der Waals surface area contributed by atoms with Gasteiger partial charge in [-0.3, -0.25) is 4.90 Å². The molecule has 4 heteroatoms. The summed E-state index contributed by atoms with van der Waals surface area (Å²) in [7, 11) is 0. The number of terminal acetylenes is 1. The van der Waals surface area contributed by atoms with Crippen molar-refractivity contribution in [3.8, 4) is 12.3 Å². The Labute approximate surface area is 137 Å². The van der Waals surface area contributed by atoms with E-state index >= 15 is 0 Å². The van der Waals surface area contributed by atoms with Gasteiger partial charge in [-0.1, -0.05) is 50.1 Å². The van der Waals surface area contributed by atoms with Crippen LogP contribution >= 0.6 is 0 Å². The molecule has 2 aliphatic rings. The zero-order valence-corrected chi connectivity index (χ0v) is 13.6. The minimum atomic E-state index is -0.146. The Morgan fingerprint density at radius 2 is 2.00 bits per heavy atom. The van der Waals surface area contributed by atoms with Gasteiger partial charge in [0.05, 0.1) is 18.2 Å². The minimum Gasteiger partial charge on any atom is -0.359 e. The highest BCUT2D eigenvalue weighted by atomic mass is 16.5. The third-order valence-electron chi connectivity index (χ3n) is 4.25. The number of ether oxygens (including phenoxy) is 1. The van der Waals surface area contributed by atoms with Gasteiger partial charge in [0.2, 0.25) is 0 Å². The second-order valence-corrected chi connectivity index (χ2v) is 6.38. The van der Waals surface area contributed by atoms with Gasteiger partial charge in [-0.15, -0.1) is 6.42 Å². The Balaban J connectivity index is 1.92. The number of para-hydroxylation sites is 1. The Kier molecular flexibility index (Phi) is 4.40. The predicted octanol–water partition coefficient (Wildman–Crippen LogP) is 2.91. The number of carbonyl (C=O) groups excluding carboxylic acids is 1. The van der Waals surface area contributed by atoms with Crippen LogP contribution in [0.25, 0.3) is 0 Å². The van der Waals surface area contributed by atoms with E-state index < -0.39 is 0 Å². The van der Waals surface area contributed by atoms with Gasteiger partial charge in [-0.25, -0.2) is 4.79 Å².